The quantitative estimate of drug-likeness (QED) is 0.0174. The molecule has 0 spiro atoms. The number of para-hydroxylation sites is 1. The highest BCUT2D eigenvalue weighted by molar-refractivity contribution is 6.03. The summed E-state index contributed by atoms with van der Waals surface area (Å²) in [5.74, 6) is 5.46. The fourth-order valence-corrected chi connectivity index (χ4v) is 5.45. The number of amidine groups is 1. The average Bonchev–Trinajstić information content (AvgIpc) is 3.53. The Morgan fingerprint density at radius 1 is 0.929 bits per heavy atom. The van der Waals surface area contributed by atoms with Gasteiger partial charge >= 0.3 is 12.1 Å². The summed E-state index contributed by atoms with van der Waals surface area (Å²) in [6.07, 6.45) is -3.15. The van der Waals surface area contributed by atoms with Gasteiger partial charge in [-0.05, 0) is 53.8 Å². The van der Waals surface area contributed by atoms with Crippen LogP contribution < -0.4 is 16.3 Å². The van der Waals surface area contributed by atoms with Gasteiger partial charge in [0.1, 0.15) is 13.2 Å². The molecule has 5 rings (SSSR count). The second kappa shape index (κ2) is 18.7. The first-order chi connectivity index (χ1) is 27.0. The molecule has 0 amide bonds. The lowest BCUT2D eigenvalue weighted by Crippen LogP contribution is -2.40. The fraction of sp³-hybridized carbons (Fsp3) is 0.237. The summed E-state index contributed by atoms with van der Waals surface area (Å²) in [6.45, 7) is 5.27. The molecule has 4 N–H and O–H groups in total. The van der Waals surface area contributed by atoms with E-state index in [-0.39, 0.29) is 37.6 Å². The molecule has 0 bridgehead atoms. The maximum atomic E-state index is 13.1. The number of rotatable bonds is 18. The van der Waals surface area contributed by atoms with Crippen molar-refractivity contribution in [2.75, 3.05) is 6.61 Å². The molecule has 5 aromatic rings. The molecule has 18 nitrogen and oxygen atoms in total. The number of carbonyl (C=O) groups is 3. The summed E-state index contributed by atoms with van der Waals surface area (Å²) in [5, 5.41) is 14.6. The smallest absolute Gasteiger partial charge is 0.465 e. The van der Waals surface area contributed by atoms with Crippen LogP contribution in [0.3, 0.4) is 0 Å². The lowest BCUT2D eigenvalue weighted by Gasteiger charge is -2.21. The predicted molar refractivity (Wildman–Crippen MR) is 200 cm³/mol. The van der Waals surface area contributed by atoms with Gasteiger partial charge in [-0.1, -0.05) is 78.9 Å². The predicted octanol–water partition coefficient (Wildman–Crippen LogP) is 5.03. The third-order valence-electron chi connectivity index (χ3n) is 8.13. The highest BCUT2D eigenvalue weighted by Crippen LogP contribution is 2.29. The average molecular weight is 770 g/mol. The SMILES string of the molecule is CCOc1nc2cccc(C(=O)OC(C)OC=O)c2n1Cc1ccc(-c2ccccc2/C(N)=N/N(N)C(C)OC(=O)OCc2ccc(CO[N+](=O)[O-])cc2)cc1. The molecule has 0 saturated carbocycles. The molecule has 0 aliphatic carbocycles. The van der Waals surface area contributed by atoms with Crippen LogP contribution in [0.2, 0.25) is 0 Å². The van der Waals surface area contributed by atoms with Gasteiger partial charge in [-0.2, -0.15) is 10.1 Å². The number of hydrazine groups is 1. The van der Waals surface area contributed by atoms with Gasteiger partial charge in [0, 0.05) is 12.5 Å². The van der Waals surface area contributed by atoms with Crippen molar-refractivity contribution in [1.82, 2.24) is 14.7 Å². The third-order valence-corrected chi connectivity index (χ3v) is 8.13. The van der Waals surface area contributed by atoms with E-state index in [1.165, 1.54) is 13.8 Å². The normalized spacial score (nSPS) is 12.2. The van der Waals surface area contributed by atoms with Crippen LogP contribution in [0.1, 0.15) is 53.4 Å². The molecule has 0 saturated heterocycles. The maximum absolute atomic E-state index is 13.1. The number of hydrogen-bond acceptors (Lipinski definition) is 15. The molecule has 18 heteroatoms. The zero-order valence-electron chi connectivity index (χ0n) is 30.6. The zero-order valence-corrected chi connectivity index (χ0v) is 30.6. The third kappa shape index (κ3) is 10.3. The maximum Gasteiger partial charge on any atom is 0.510 e. The van der Waals surface area contributed by atoms with Crippen molar-refractivity contribution in [3.05, 3.63) is 129 Å². The van der Waals surface area contributed by atoms with Crippen LogP contribution in [0.5, 0.6) is 6.01 Å². The number of benzene rings is 4. The standard InChI is InChI=1S/C38H39N7O11/c1-4-51-37-41-33-11-7-10-32(36(47)56-25(3)53-23-46)34(33)43(37)20-26-16-18-29(19-17-26)30-8-5-6-9-31(30)35(39)42-44(40)24(2)55-38(48)52-21-27-12-14-28(15-13-27)22-54-45(49)50/h5-19,23-25H,4,20-22,40H2,1-3H3,(H2,39,42). The molecule has 2 unspecified atom stereocenters. The number of aromatic nitrogens is 2. The van der Waals surface area contributed by atoms with Gasteiger partial charge in [0.2, 0.25) is 12.5 Å². The van der Waals surface area contributed by atoms with Crippen LogP contribution in [0, 0.1) is 10.1 Å². The number of ether oxygens (including phenoxy) is 5. The number of nitrogens with zero attached hydrogens (tertiary/aromatic N) is 5. The monoisotopic (exact) mass is 769 g/mol. The van der Waals surface area contributed by atoms with Gasteiger partial charge in [0.15, 0.2) is 5.84 Å². The van der Waals surface area contributed by atoms with Gasteiger partial charge in [-0.25, -0.2) is 15.4 Å². The Bertz CT molecular complexity index is 2190. The molecular weight excluding hydrogens is 730 g/mol. The lowest BCUT2D eigenvalue weighted by molar-refractivity contribution is -0.763. The Balaban J connectivity index is 1.27. The summed E-state index contributed by atoms with van der Waals surface area (Å²) >= 11 is 0. The number of fused-ring (bicyclic) bond motifs is 1. The van der Waals surface area contributed by atoms with Crippen molar-refractivity contribution >= 4 is 35.5 Å². The molecule has 56 heavy (non-hydrogen) atoms. The molecule has 1 heterocycles. The summed E-state index contributed by atoms with van der Waals surface area (Å²) in [7, 11) is 0. The van der Waals surface area contributed by atoms with Crippen LogP contribution in [0.25, 0.3) is 22.2 Å². The first kappa shape index (κ1) is 40.0. The summed E-state index contributed by atoms with van der Waals surface area (Å²) in [5.41, 5.74) is 11.8. The number of esters is 1. The van der Waals surface area contributed by atoms with Gasteiger partial charge in [0.25, 0.3) is 17.6 Å². The Labute approximate surface area is 320 Å². The van der Waals surface area contributed by atoms with E-state index < -0.39 is 29.7 Å². The zero-order chi connectivity index (χ0) is 40.2. The van der Waals surface area contributed by atoms with Crippen LogP contribution in [0.15, 0.2) is 96.1 Å². The van der Waals surface area contributed by atoms with Crippen molar-refractivity contribution < 1.29 is 48.0 Å². The Morgan fingerprint density at radius 3 is 2.27 bits per heavy atom. The van der Waals surface area contributed by atoms with E-state index in [9.17, 15) is 24.5 Å². The topological polar surface area (TPSA) is 235 Å². The highest BCUT2D eigenvalue weighted by Gasteiger charge is 2.22. The summed E-state index contributed by atoms with van der Waals surface area (Å²) in [6, 6.07) is 26.8. The molecule has 4 aromatic carbocycles. The number of hydrazone groups is 1. The number of nitrogens with two attached hydrogens (primary N) is 2. The molecule has 0 aliphatic heterocycles. The van der Waals surface area contributed by atoms with Gasteiger partial charge < -0.3 is 34.3 Å². The van der Waals surface area contributed by atoms with E-state index in [0.717, 1.165) is 21.8 Å². The largest absolute Gasteiger partial charge is 0.510 e. The number of imidazole rings is 1. The minimum atomic E-state index is -1.09. The van der Waals surface area contributed by atoms with Crippen LogP contribution >= 0.6 is 0 Å². The lowest BCUT2D eigenvalue weighted by atomic mass is 9.98. The molecule has 0 radical (unpaired) electrons. The van der Waals surface area contributed by atoms with Gasteiger partial charge in [-0.3, -0.25) is 9.36 Å². The molecule has 2 atom stereocenters. The number of carbonyl (C=O) groups excluding carboxylic acids is 3. The highest BCUT2D eigenvalue weighted by atomic mass is 16.9. The molecular formula is C38H39N7O11. The van der Waals surface area contributed by atoms with E-state index in [0.29, 0.717) is 40.3 Å². The van der Waals surface area contributed by atoms with E-state index in [4.69, 9.17) is 35.3 Å². The molecule has 292 valence electrons. The first-order valence-electron chi connectivity index (χ1n) is 17.1. The van der Waals surface area contributed by atoms with Crippen molar-refractivity contribution in [2.45, 2.75) is 53.0 Å². The van der Waals surface area contributed by atoms with Crippen LogP contribution in [0.4, 0.5) is 4.79 Å². The Morgan fingerprint density at radius 2 is 1.59 bits per heavy atom. The molecule has 0 aliphatic rings. The summed E-state index contributed by atoms with van der Waals surface area (Å²) < 4.78 is 28.1. The van der Waals surface area contributed by atoms with E-state index in [1.807, 2.05) is 43.3 Å². The van der Waals surface area contributed by atoms with E-state index >= 15 is 0 Å². The van der Waals surface area contributed by atoms with Crippen LogP contribution in [-0.2, 0) is 48.3 Å². The minimum absolute atomic E-state index is 0.0515. The van der Waals surface area contributed by atoms with Crippen molar-refractivity contribution in [1.29, 1.82) is 0 Å². The molecule has 1 aromatic heterocycles. The first-order valence-corrected chi connectivity index (χ1v) is 17.1. The second-order valence-electron chi connectivity index (χ2n) is 12.0. The van der Waals surface area contributed by atoms with Gasteiger partial charge in [-0.15, -0.1) is 15.2 Å². The number of hydrogen-bond donors (Lipinski definition) is 2. The van der Waals surface area contributed by atoms with Crippen molar-refractivity contribution in [3.8, 4) is 17.1 Å². The van der Waals surface area contributed by atoms with Crippen molar-refractivity contribution in [3.63, 3.8) is 0 Å². The van der Waals surface area contributed by atoms with Crippen LogP contribution in [-0.4, -0.2) is 63.3 Å². The van der Waals surface area contributed by atoms with Crippen molar-refractivity contribution in [2.24, 2.45) is 16.7 Å². The second-order valence-corrected chi connectivity index (χ2v) is 12.0. The van der Waals surface area contributed by atoms with E-state index in [1.54, 1.807) is 59.2 Å². The fourth-order valence-electron chi connectivity index (χ4n) is 5.45. The van der Waals surface area contributed by atoms with Gasteiger partial charge in [0.05, 0.1) is 29.7 Å². The Kier molecular flexibility index (Phi) is 13.4. The van der Waals surface area contributed by atoms with E-state index in [2.05, 4.69) is 14.9 Å². The minimum Gasteiger partial charge on any atom is -0.465 e. The Hall–Kier alpha value is -7.21. The molecule has 0 fully saturated rings. The summed E-state index contributed by atoms with van der Waals surface area (Å²) in [4.78, 5) is 55.5.